The number of hydrogen-bond acceptors (Lipinski definition) is 2. The SMILES string of the molecule is CCCCn1c(-c2ccccc2)nc(-c2ccccc2)c1CN(Cc1ccc(Cl)c(Cl)c1)CC1CCCCC1. The Hall–Kier alpha value is -2.59. The molecule has 4 aromatic rings. The molecule has 0 N–H and O–H groups in total. The van der Waals surface area contributed by atoms with Gasteiger partial charge < -0.3 is 4.57 Å². The molecule has 1 heterocycles. The summed E-state index contributed by atoms with van der Waals surface area (Å²) in [5.74, 6) is 1.78. The van der Waals surface area contributed by atoms with Crippen molar-refractivity contribution in [2.45, 2.75) is 71.5 Å². The largest absolute Gasteiger partial charge is 0.326 e. The molecule has 0 saturated heterocycles. The van der Waals surface area contributed by atoms with Crippen LogP contribution in [0, 0.1) is 5.92 Å². The highest BCUT2D eigenvalue weighted by atomic mass is 35.5. The molecule has 204 valence electrons. The summed E-state index contributed by atoms with van der Waals surface area (Å²) >= 11 is 12.7. The van der Waals surface area contributed by atoms with E-state index < -0.39 is 0 Å². The predicted molar refractivity (Wildman–Crippen MR) is 165 cm³/mol. The van der Waals surface area contributed by atoms with Crippen LogP contribution in [0.4, 0.5) is 0 Å². The zero-order valence-corrected chi connectivity index (χ0v) is 24.5. The zero-order valence-electron chi connectivity index (χ0n) is 23.0. The number of benzene rings is 3. The molecule has 1 aromatic heterocycles. The maximum atomic E-state index is 6.44. The minimum atomic E-state index is 0.607. The van der Waals surface area contributed by atoms with Crippen molar-refractivity contribution in [1.29, 1.82) is 0 Å². The molecule has 0 aliphatic heterocycles. The number of unbranched alkanes of at least 4 members (excludes halogenated alkanes) is 1. The van der Waals surface area contributed by atoms with Crippen LogP contribution >= 0.6 is 23.2 Å². The van der Waals surface area contributed by atoms with Crippen LogP contribution in [0.5, 0.6) is 0 Å². The highest BCUT2D eigenvalue weighted by molar-refractivity contribution is 6.42. The molecule has 1 aliphatic carbocycles. The van der Waals surface area contributed by atoms with Gasteiger partial charge in [-0.1, -0.05) is 123 Å². The number of rotatable bonds is 11. The Morgan fingerprint density at radius 3 is 2.18 bits per heavy atom. The Bertz CT molecular complexity index is 1330. The van der Waals surface area contributed by atoms with Crippen LogP contribution in [-0.4, -0.2) is 21.0 Å². The van der Waals surface area contributed by atoms with Gasteiger partial charge in [0.15, 0.2) is 0 Å². The van der Waals surface area contributed by atoms with E-state index in [2.05, 4.69) is 83.1 Å². The van der Waals surface area contributed by atoms with E-state index in [1.807, 2.05) is 12.1 Å². The molecular weight excluding hydrogens is 521 g/mol. The maximum Gasteiger partial charge on any atom is 0.140 e. The fourth-order valence-corrected chi connectivity index (χ4v) is 6.19. The van der Waals surface area contributed by atoms with Crippen LogP contribution in [0.1, 0.15) is 63.1 Å². The van der Waals surface area contributed by atoms with E-state index in [0.717, 1.165) is 56.5 Å². The van der Waals surface area contributed by atoms with Crippen LogP contribution in [0.25, 0.3) is 22.6 Å². The van der Waals surface area contributed by atoms with Crippen molar-refractivity contribution in [3.05, 3.63) is 100 Å². The fourth-order valence-electron chi connectivity index (χ4n) is 5.87. The van der Waals surface area contributed by atoms with Crippen molar-refractivity contribution in [2.24, 2.45) is 5.92 Å². The second-order valence-electron chi connectivity index (χ2n) is 10.9. The summed E-state index contributed by atoms with van der Waals surface area (Å²) in [6, 6.07) is 27.4. The molecule has 0 amide bonds. The summed E-state index contributed by atoms with van der Waals surface area (Å²) in [6.07, 6.45) is 8.93. The minimum absolute atomic E-state index is 0.607. The van der Waals surface area contributed by atoms with Gasteiger partial charge in [0.05, 0.1) is 21.4 Å². The van der Waals surface area contributed by atoms with Gasteiger partial charge in [0.25, 0.3) is 0 Å². The van der Waals surface area contributed by atoms with Gasteiger partial charge in [0.1, 0.15) is 5.82 Å². The third-order valence-electron chi connectivity index (χ3n) is 7.89. The van der Waals surface area contributed by atoms with E-state index in [1.54, 1.807) is 0 Å². The van der Waals surface area contributed by atoms with Crippen LogP contribution in [0.15, 0.2) is 78.9 Å². The molecule has 5 heteroatoms. The smallest absolute Gasteiger partial charge is 0.140 e. The van der Waals surface area contributed by atoms with Crippen molar-refractivity contribution < 1.29 is 0 Å². The molecule has 0 radical (unpaired) electrons. The molecule has 0 spiro atoms. The van der Waals surface area contributed by atoms with Gasteiger partial charge in [0, 0.05) is 37.3 Å². The van der Waals surface area contributed by atoms with Crippen LogP contribution < -0.4 is 0 Å². The van der Waals surface area contributed by atoms with Gasteiger partial charge in [-0.3, -0.25) is 4.90 Å². The van der Waals surface area contributed by atoms with Crippen LogP contribution in [0.2, 0.25) is 10.0 Å². The maximum absolute atomic E-state index is 6.44. The number of halogens is 2. The van der Waals surface area contributed by atoms with Gasteiger partial charge in [-0.2, -0.15) is 0 Å². The topological polar surface area (TPSA) is 21.1 Å². The van der Waals surface area contributed by atoms with E-state index in [-0.39, 0.29) is 0 Å². The van der Waals surface area contributed by atoms with Gasteiger partial charge in [-0.05, 0) is 42.9 Å². The van der Waals surface area contributed by atoms with Crippen LogP contribution in [-0.2, 0) is 19.6 Å². The molecule has 1 saturated carbocycles. The average Bonchev–Trinajstić information content (AvgIpc) is 3.33. The number of imidazole rings is 1. The summed E-state index contributed by atoms with van der Waals surface area (Å²) in [5.41, 5.74) is 5.93. The van der Waals surface area contributed by atoms with Crippen LogP contribution in [0.3, 0.4) is 0 Å². The zero-order chi connectivity index (χ0) is 27.0. The van der Waals surface area contributed by atoms with Gasteiger partial charge in [0.2, 0.25) is 0 Å². The second kappa shape index (κ2) is 13.7. The van der Waals surface area contributed by atoms with Gasteiger partial charge in [-0.25, -0.2) is 4.98 Å². The minimum Gasteiger partial charge on any atom is -0.326 e. The lowest BCUT2D eigenvalue weighted by Crippen LogP contribution is -2.31. The standard InChI is InChI=1S/C34H39Cl2N3/c1-2-3-21-39-32(33(28-15-9-5-10-16-28)37-34(39)29-17-11-6-12-18-29)25-38(23-26-13-7-4-8-14-26)24-27-19-20-30(35)31(36)22-27/h5-6,9-12,15-20,22,26H,2-4,7-8,13-14,21,23-25H2,1H3. The first kappa shape index (κ1) is 28.0. The van der Waals surface area contributed by atoms with Gasteiger partial charge >= 0.3 is 0 Å². The Kier molecular flexibility index (Phi) is 9.79. The number of hydrogen-bond donors (Lipinski definition) is 0. The summed E-state index contributed by atoms with van der Waals surface area (Å²) < 4.78 is 2.49. The molecule has 1 fully saturated rings. The molecule has 5 rings (SSSR count). The second-order valence-corrected chi connectivity index (χ2v) is 11.7. The first-order chi connectivity index (χ1) is 19.1. The van der Waals surface area contributed by atoms with E-state index in [0.29, 0.717) is 10.0 Å². The van der Waals surface area contributed by atoms with Crippen molar-refractivity contribution >= 4 is 23.2 Å². The molecule has 3 nitrogen and oxygen atoms in total. The molecule has 0 atom stereocenters. The third-order valence-corrected chi connectivity index (χ3v) is 8.63. The van der Waals surface area contributed by atoms with Crippen molar-refractivity contribution in [3.8, 4) is 22.6 Å². The van der Waals surface area contributed by atoms with Gasteiger partial charge in [-0.15, -0.1) is 0 Å². The molecule has 1 aliphatic rings. The van der Waals surface area contributed by atoms with Crippen molar-refractivity contribution in [3.63, 3.8) is 0 Å². The Morgan fingerprint density at radius 1 is 0.821 bits per heavy atom. The Morgan fingerprint density at radius 2 is 1.51 bits per heavy atom. The molecule has 3 aromatic carbocycles. The molecule has 39 heavy (non-hydrogen) atoms. The highest BCUT2D eigenvalue weighted by Gasteiger charge is 2.24. The van der Waals surface area contributed by atoms with E-state index in [9.17, 15) is 0 Å². The number of nitrogens with zero attached hydrogens (tertiary/aromatic N) is 3. The molecule has 0 bridgehead atoms. The van der Waals surface area contributed by atoms with Crippen molar-refractivity contribution in [1.82, 2.24) is 14.5 Å². The summed E-state index contributed by atoms with van der Waals surface area (Å²) in [4.78, 5) is 7.96. The highest BCUT2D eigenvalue weighted by Crippen LogP contribution is 2.33. The normalized spacial score (nSPS) is 14.3. The first-order valence-electron chi connectivity index (χ1n) is 14.5. The van der Waals surface area contributed by atoms with E-state index in [4.69, 9.17) is 28.2 Å². The lowest BCUT2D eigenvalue weighted by atomic mass is 9.89. The van der Waals surface area contributed by atoms with E-state index in [1.165, 1.54) is 54.5 Å². The van der Waals surface area contributed by atoms with E-state index >= 15 is 0 Å². The lowest BCUT2D eigenvalue weighted by Gasteiger charge is -2.30. The summed E-state index contributed by atoms with van der Waals surface area (Å²) in [5, 5.41) is 1.23. The Balaban J connectivity index is 1.57. The summed E-state index contributed by atoms with van der Waals surface area (Å²) in [7, 11) is 0. The Labute approximate surface area is 243 Å². The lowest BCUT2D eigenvalue weighted by molar-refractivity contribution is 0.183. The molecule has 0 unspecified atom stereocenters. The fraction of sp³-hybridized carbons (Fsp3) is 0.382. The average molecular weight is 561 g/mol. The first-order valence-corrected chi connectivity index (χ1v) is 15.2. The van der Waals surface area contributed by atoms with Crippen molar-refractivity contribution in [2.75, 3.05) is 6.54 Å². The summed E-state index contributed by atoms with van der Waals surface area (Å²) in [6.45, 7) is 5.97. The number of aromatic nitrogens is 2. The predicted octanol–water partition coefficient (Wildman–Crippen LogP) is 9.91. The molecular formula is C34H39Cl2N3. The quantitative estimate of drug-likeness (QED) is 0.182. The monoisotopic (exact) mass is 559 g/mol. The third kappa shape index (κ3) is 7.14.